The van der Waals surface area contributed by atoms with Crippen LogP contribution < -0.4 is 15.8 Å². The number of alkyl halides is 3. The molecule has 0 unspecified atom stereocenters. The highest BCUT2D eigenvalue weighted by molar-refractivity contribution is 6.33. The van der Waals surface area contributed by atoms with E-state index in [2.05, 4.69) is 20.5 Å². The van der Waals surface area contributed by atoms with Gasteiger partial charge in [-0.15, -0.1) is 5.10 Å². The van der Waals surface area contributed by atoms with Crippen molar-refractivity contribution in [3.8, 4) is 16.9 Å². The Morgan fingerprint density at radius 2 is 1.81 bits per heavy atom. The monoisotopic (exact) mass is 841 g/mol. The van der Waals surface area contributed by atoms with Gasteiger partial charge in [-0.05, 0) is 68.2 Å². The Morgan fingerprint density at radius 1 is 1.07 bits per heavy atom. The van der Waals surface area contributed by atoms with E-state index in [1.165, 1.54) is 26.4 Å². The lowest BCUT2D eigenvalue weighted by Gasteiger charge is -2.37. The number of hydrogen-bond acceptors (Lipinski definition) is 10. The zero-order valence-corrected chi connectivity index (χ0v) is 32.9. The first-order chi connectivity index (χ1) is 27.9. The van der Waals surface area contributed by atoms with Crippen LogP contribution >= 0.6 is 11.6 Å². The lowest BCUT2D eigenvalue weighted by molar-refractivity contribution is -0.137. The Labute approximate surface area is 339 Å². The summed E-state index contributed by atoms with van der Waals surface area (Å²) < 4.78 is 64.4. The van der Waals surface area contributed by atoms with Gasteiger partial charge < -0.3 is 34.6 Å². The molecule has 2 aliphatic rings. The maximum absolute atomic E-state index is 15.1. The minimum absolute atomic E-state index is 0.0485. The predicted octanol–water partition coefficient (Wildman–Crippen LogP) is 5.01. The topological polar surface area (TPSA) is 172 Å². The van der Waals surface area contributed by atoms with Crippen molar-refractivity contribution < 1.29 is 42.1 Å². The number of fused-ring (bicyclic) bond motifs is 1. The van der Waals surface area contributed by atoms with Crippen molar-refractivity contribution in [1.82, 2.24) is 33.8 Å². The van der Waals surface area contributed by atoms with E-state index in [1.807, 2.05) is 0 Å². The normalized spacial score (nSPS) is 15.2. The first kappa shape index (κ1) is 41.4. The number of hydrogen-bond donors (Lipinski definition) is 3. The molecule has 2 aliphatic heterocycles. The summed E-state index contributed by atoms with van der Waals surface area (Å²) in [5.74, 6) is -2.80. The minimum atomic E-state index is -4.64. The van der Waals surface area contributed by atoms with E-state index in [9.17, 15) is 37.8 Å². The molecular formula is C39H40ClF4N9O6. The molecule has 0 bridgehead atoms. The number of phenolic OH excluding ortho intramolecular Hbond substituents is 1. The SMILES string of the molecule is CCc1c(N2CCN(C(=O)c3cc(-c4cnn(CC(C)(C)O)c4)cc(F)c3O)CC2)c(=O)n2nc(C3=CCOCC3)nc2n1CC(=O)Nc1ccc(C(F)(F)F)cc1Cl. The number of carbonyl (C=O) groups is 2. The number of ether oxygens (including phenoxy) is 1. The summed E-state index contributed by atoms with van der Waals surface area (Å²) in [7, 11) is 0. The van der Waals surface area contributed by atoms with Gasteiger partial charge in [0.05, 0.1) is 59.1 Å². The number of aliphatic hydroxyl groups is 1. The second-order valence-electron chi connectivity index (χ2n) is 14.9. The molecule has 1 saturated heterocycles. The van der Waals surface area contributed by atoms with Crippen molar-refractivity contribution >= 4 is 46.1 Å². The van der Waals surface area contributed by atoms with Crippen LogP contribution in [-0.4, -0.2) is 101 Å². The van der Waals surface area contributed by atoms with Crippen LogP contribution in [0.3, 0.4) is 0 Å². The molecule has 0 aliphatic carbocycles. The zero-order valence-electron chi connectivity index (χ0n) is 32.2. The second-order valence-corrected chi connectivity index (χ2v) is 15.3. The lowest BCUT2D eigenvalue weighted by atomic mass is 10.0. The number of anilines is 2. The molecule has 3 aromatic heterocycles. The molecule has 0 atom stereocenters. The third kappa shape index (κ3) is 8.67. The number of benzene rings is 2. The number of aromatic hydroxyl groups is 1. The average molecular weight is 842 g/mol. The number of aromatic nitrogens is 6. The Hall–Kier alpha value is -5.79. The maximum Gasteiger partial charge on any atom is 0.416 e. The highest BCUT2D eigenvalue weighted by Gasteiger charge is 2.33. The molecule has 0 spiro atoms. The molecule has 0 radical (unpaired) electrons. The van der Waals surface area contributed by atoms with Gasteiger partial charge in [0.1, 0.15) is 12.2 Å². The summed E-state index contributed by atoms with van der Waals surface area (Å²) in [5.41, 5.74) is -0.779. The standard InChI is InChI=1S/C39H40ClF4N9O6/c1-4-30-32(49-9-11-50(12-10-49)35(56)26-15-23(16-28(41)33(26)55)24-18-45-51(19-24)21-38(2,3)58)36(57)53-37(47-34(48-53)22-7-13-59-14-8-22)52(30)20-31(54)46-29-6-5-25(17-27(29)40)39(42,43)44/h5-7,15-19,55,58H,4,8-14,20-21H2,1-3H3,(H,46,54). The first-order valence-corrected chi connectivity index (χ1v) is 19.1. The summed E-state index contributed by atoms with van der Waals surface area (Å²) in [6.45, 7) is 5.88. The molecule has 312 valence electrons. The van der Waals surface area contributed by atoms with E-state index < -0.39 is 52.8 Å². The molecule has 15 nitrogen and oxygen atoms in total. The smallest absolute Gasteiger partial charge is 0.416 e. The van der Waals surface area contributed by atoms with Crippen LogP contribution in [0, 0.1) is 5.82 Å². The quantitative estimate of drug-likeness (QED) is 0.163. The van der Waals surface area contributed by atoms with Gasteiger partial charge >= 0.3 is 6.18 Å². The van der Waals surface area contributed by atoms with Crippen LogP contribution in [0.2, 0.25) is 5.02 Å². The van der Waals surface area contributed by atoms with E-state index in [-0.39, 0.29) is 72.7 Å². The molecular weight excluding hydrogens is 802 g/mol. The predicted molar refractivity (Wildman–Crippen MR) is 209 cm³/mol. The van der Waals surface area contributed by atoms with Gasteiger partial charge in [0.25, 0.3) is 11.5 Å². The number of nitrogens with one attached hydrogen (secondary N) is 1. The van der Waals surface area contributed by atoms with Crippen LogP contribution in [0.4, 0.5) is 28.9 Å². The maximum atomic E-state index is 15.1. The molecule has 0 saturated carbocycles. The summed E-state index contributed by atoms with van der Waals surface area (Å²) >= 11 is 6.13. The van der Waals surface area contributed by atoms with Crippen LogP contribution in [0.15, 0.2) is 53.6 Å². The first-order valence-electron chi connectivity index (χ1n) is 18.7. The van der Waals surface area contributed by atoms with Gasteiger partial charge in [-0.25, -0.2) is 4.39 Å². The van der Waals surface area contributed by atoms with E-state index in [0.717, 1.165) is 28.3 Å². The van der Waals surface area contributed by atoms with E-state index in [1.54, 1.807) is 37.9 Å². The highest BCUT2D eigenvalue weighted by Crippen LogP contribution is 2.35. The Balaban J connectivity index is 1.18. The van der Waals surface area contributed by atoms with Gasteiger partial charge in [-0.2, -0.15) is 27.8 Å². The van der Waals surface area contributed by atoms with Crippen molar-refractivity contribution in [3.63, 3.8) is 0 Å². The summed E-state index contributed by atoms with van der Waals surface area (Å²) in [4.78, 5) is 49.6. The fourth-order valence-electron chi connectivity index (χ4n) is 7.15. The minimum Gasteiger partial charge on any atom is -0.504 e. The lowest BCUT2D eigenvalue weighted by Crippen LogP contribution is -2.51. The number of amides is 2. The third-order valence-electron chi connectivity index (χ3n) is 9.98. The fourth-order valence-corrected chi connectivity index (χ4v) is 7.38. The van der Waals surface area contributed by atoms with Crippen LogP contribution in [-0.2, 0) is 35.2 Å². The molecule has 59 heavy (non-hydrogen) atoms. The molecule has 20 heteroatoms. The molecule has 3 N–H and O–H groups in total. The summed E-state index contributed by atoms with van der Waals surface area (Å²) in [6, 6.07) is 5.04. The van der Waals surface area contributed by atoms with Crippen molar-refractivity contribution in [3.05, 3.63) is 92.6 Å². The molecule has 1 fully saturated rings. The molecule has 7 rings (SSSR count). The van der Waals surface area contributed by atoms with Gasteiger partial charge in [-0.3, -0.25) is 19.1 Å². The summed E-state index contributed by atoms with van der Waals surface area (Å²) in [5, 5.41) is 31.8. The highest BCUT2D eigenvalue weighted by atomic mass is 35.5. The number of halogens is 5. The van der Waals surface area contributed by atoms with Crippen LogP contribution in [0.5, 0.6) is 5.75 Å². The fraction of sp³-hybridized carbons (Fsp3) is 0.385. The van der Waals surface area contributed by atoms with Gasteiger partial charge in [-0.1, -0.05) is 24.6 Å². The number of nitrogens with zero attached hydrogens (tertiary/aromatic N) is 8. The van der Waals surface area contributed by atoms with Crippen molar-refractivity contribution in [1.29, 1.82) is 0 Å². The van der Waals surface area contributed by atoms with Gasteiger partial charge in [0.2, 0.25) is 11.7 Å². The Morgan fingerprint density at radius 3 is 2.46 bits per heavy atom. The van der Waals surface area contributed by atoms with E-state index >= 15 is 4.39 Å². The molecule has 5 aromatic rings. The average Bonchev–Trinajstić information content (AvgIpc) is 3.85. The van der Waals surface area contributed by atoms with E-state index in [0.29, 0.717) is 42.5 Å². The molecule has 5 heterocycles. The number of carbonyl (C=O) groups excluding carboxylic acids is 2. The number of phenols is 1. The molecule has 2 amide bonds. The Bertz CT molecular complexity index is 2530. The number of piperazine rings is 1. The van der Waals surface area contributed by atoms with Crippen molar-refractivity contribution in [2.75, 3.05) is 49.6 Å². The largest absolute Gasteiger partial charge is 0.504 e. The Kier molecular flexibility index (Phi) is 11.3. The zero-order chi connectivity index (χ0) is 42.4. The van der Waals surface area contributed by atoms with Gasteiger partial charge in [0, 0.05) is 37.9 Å². The van der Waals surface area contributed by atoms with Crippen LogP contribution in [0.1, 0.15) is 54.6 Å². The van der Waals surface area contributed by atoms with Crippen LogP contribution in [0.25, 0.3) is 22.5 Å². The van der Waals surface area contributed by atoms with Crippen molar-refractivity contribution in [2.45, 2.75) is 58.5 Å². The second kappa shape index (κ2) is 16.1. The van der Waals surface area contributed by atoms with Crippen molar-refractivity contribution in [2.24, 2.45) is 0 Å². The molecule has 2 aromatic carbocycles. The number of rotatable bonds is 10. The summed E-state index contributed by atoms with van der Waals surface area (Å²) in [6.07, 6.45) is 0.938. The third-order valence-corrected chi connectivity index (χ3v) is 10.3. The van der Waals surface area contributed by atoms with Gasteiger partial charge in [0.15, 0.2) is 17.4 Å². The van der Waals surface area contributed by atoms with E-state index in [4.69, 9.17) is 16.3 Å².